The van der Waals surface area contributed by atoms with Crippen LogP contribution in [0.5, 0.6) is 0 Å². The van der Waals surface area contributed by atoms with Gasteiger partial charge in [-0.3, -0.25) is 4.98 Å². The van der Waals surface area contributed by atoms with Crippen molar-refractivity contribution in [3.05, 3.63) is 41.8 Å². The zero-order valence-electron chi connectivity index (χ0n) is 9.92. The lowest BCUT2D eigenvalue weighted by Gasteiger charge is -2.05. The predicted molar refractivity (Wildman–Crippen MR) is 74.3 cm³/mol. The third-order valence-corrected chi connectivity index (χ3v) is 3.86. The highest BCUT2D eigenvalue weighted by Gasteiger charge is 2.07. The van der Waals surface area contributed by atoms with Crippen LogP contribution in [-0.4, -0.2) is 15.0 Å². The summed E-state index contributed by atoms with van der Waals surface area (Å²) in [6.07, 6.45) is 6.13. The number of aromatic nitrogens is 3. The molecule has 0 aromatic carbocycles. The van der Waals surface area contributed by atoms with Crippen molar-refractivity contribution >= 4 is 33.1 Å². The number of nitrogens with zero attached hydrogens (tertiary/aromatic N) is 3. The molecular formula is C13H12N4S. The van der Waals surface area contributed by atoms with E-state index >= 15 is 0 Å². The SMILES string of the molecule is CCc1cc2c(Nc3ccncc3)ncnc2s1. The first-order valence-electron chi connectivity index (χ1n) is 5.77. The fourth-order valence-corrected chi connectivity index (χ4v) is 2.69. The maximum Gasteiger partial charge on any atom is 0.142 e. The van der Waals surface area contributed by atoms with E-state index in [1.807, 2.05) is 12.1 Å². The Balaban J connectivity index is 2.03. The third-order valence-electron chi connectivity index (χ3n) is 2.67. The molecule has 0 spiro atoms. The van der Waals surface area contributed by atoms with Crippen LogP contribution in [0.1, 0.15) is 11.8 Å². The summed E-state index contributed by atoms with van der Waals surface area (Å²) in [6.45, 7) is 2.15. The zero-order valence-corrected chi connectivity index (χ0v) is 10.7. The number of hydrogen-bond acceptors (Lipinski definition) is 5. The Morgan fingerprint density at radius 2 is 2.06 bits per heavy atom. The van der Waals surface area contributed by atoms with Crippen LogP contribution in [0.4, 0.5) is 11.5 Å². The van der Waals surface area contributed by atoms with Gasteiger partial charge in [-0.15, -0.1) is 11.3 Å². The topological polar surface area (TPSA) is 50.7 Å². The Morgan fingerprint density at radius 1 is 1.22 bits per heavy atom. The molecule has 0 saturated carbocycles. The highest BCUT2D eigenvalue weighted by Crippen LogP contribution is 2.29. The number of aryl methyl sites for hydroxylation is 1. The molecule has 3 aromatic rings. The Bertz CT molecular complexity index is 663. The first-order chi connectivity index (χ1) is 8.86. The van der Waals surface area contributed by atoms with E-state index in [0.717, 1.165) is 28.1 Å². The van der Waals surface area contributed by atoms with E-state index in [9.17, 15) is 0 Å². The van der Waals surface area contributed by atoms with Gasteiger partial charge in [-0.2, -0.15) is 0 Å². The summed E-state index contributed by atoms with van der Waals surface area (Å²) >= 11 is 1.72. The molecule has 4 nitrogen and oxygen atoms in total. The van der Waals surface area contributed by atoms with Gasteiger partial charge in [0.2, 0.25) is 0 Å². The zero-order chi connectivity index (χ0) is 12.4. The molecule has 0 bridgehead atoms. The first kappa shape index (κ1) is 11.1. The van der Waals surface area contributed by atoms with Crippen LogP contribution in [0.2, 0.25) is 0 Å². The van der Waals surface area contributed by atoms with Crippen LogP contribution >= 0.6 is 11.3 Å². The van der Waals surface area contributed by atoms with Crippen molar-refractivity contribution < 1.29 is 0 Å². The minimum Gasteiger partial charge on any atom is -0.339 e. The van der Waals surface area contributed by atoms with Crippen LogP contribution in [0.15, 0.2) is 36.9 Å². The van der Waals surface area contributed by atoms with Gasteiger partial charge in [0.25, 0.3) is 0 Å². The number of nitrogens with one attached hydrogen (secondary N) is 1. The number of anilines is 2. The quantitative estimate of drug-likeness (QED) is 0.780. The van der Waals surface area contributed by atoms with Gasteiger partial charge in [-0.05, 0) is 24.6 Å². The van der Waals surface area contributed by atoms with Crippen molar-refractivity contribution in [2.24, 2.45) is 0 Å². The van der Waals surface area contributed by atoms with E-state index in [1.165, 1.54) is 4.88 Å². The number of fused-ring (bicyclic) bond motifs is 1. The summed E-state index contributed by atoms with van der Waals surface area (Å²) in [5.41, 5.74) is 0.981. The summed E-state index contributed by atoms with van der Waals surface area (Å²) in [5, 5.41) is 4.38. The van der Waals surface area contributed by atoms with E-state index in [2.05, 4.69) is 33.3 Å². The molecule has 3 aromatic heterocycles. The molecule has 0 fully saturated rings. The number of hydrogen-bond donors (Lipinski definition) is 1. The van der Waals surface area contributed by atoms with Crippen molar-refractivity contribution in [3.63, 3.8) is 0 Å². The molecule has 0 aliphatic rings. The fourth-order valence-electron chi connectivity index (χ4n) is 1.75. The largest absolute Gasteiger partial charge is 0.339 e. The molecule has 0 atom stereocenters. The van der Waals surface area contributed by atoms with E-state index < -0.39 is 0 Å². The lowest BCUT2D eigenvalue weighted by molar-refractivity contribution is 1.19. The van der Waals surface area contributed by atoms with Crippen molar-refractivity contribution in [3.8, 4) is 0 Å². The maximum absolute atomic E-state index is 4.31. The van der Waals surface area contributed by atoms with Crippen molar-refractivity contribution in [2.75, 3.05) is 5.32 Å². The second-order valence-corrected chi connectivity index (χ2v) is 4.98. The molecule has 0 aliphatic heterocycles. The number of rotatable bonds is 3. The second kappa shape index (κ2) is 4.70. The van der Waals surface area contributed by atoms with Crippen LogP contribution in [0, 0.1) is 0 Å². The fraction of sp³-hybridized carbons (Fsp3) is 0.154. The van der Waals surface area contributed by atoms with Gasteiger partial charge in [0.15, 0.2) is 0 Å². The van der Waals surface area contributed by atoms with Crippen molar-refractivity contribution in [2.45, 2.75) is 13.3 Å². The minimum atomic E-state index is 0.849. The molecule has 0 amide bonds. The summed E-state index contributed by atoms with van der Waals surface area (Å²) in [5.74, 6) is 0.849. The van der Waals surface area contributed by atoms with E-state index in [-0.39, 0.29) is 0 Å². The second-order valence-electron chi connectivity index (χ2n) is 3.87. The van der Waals surface area contributed by atoms with Gasteiger partial charge >= 0.3 is 0 Å². The molecule has 3 heterocycles. The van der Waals surface area contributed by atoms with E-state index in [1.54, 1.807) is 30.1 Å². The smallest absolute Gasteiger partial charge is 0.142 e. The number of thiophene rings is 1. The van der Waals surface area contributed by atoms with E-state index in [0.29, 0.717) is 0 Å². The van der Waals surface area contributed by atoms with Gasteiger partial charge in [0, 0.05) is 23.0 Å². The summed E-state index contributed by atoms with van der Waals surface area (Å²) in [6, 6.07) is 5.99. The van der Waals surface area contributed by atoms with Gasteiger partial charge in [-0.25, -0.2) is 9.97 Å². The van der Waals surface area contributed by atoms with Gasteiger partial charge in [-0.1, -0.05) is 6.92 Å². The van der Waals surface area contributed by atoms with Crippen molar-refractivity contribution in [1.29, 1.82) is 0 Å². The third kappa shape index (κ3) is 2.04. The highest BCUT2D eigenvalue weighted by atomic mass is 32.1. The lowest BCUT2D eigenvalue weighted by Crippen LogP contribution is -1.94. The average Bonchev–Trinajstić information content (AvgIpc) is 2.84. The molecular weight excluding hydrogens is 244 g/mol. The predicted octanol–water partition coefficient (Wildman–Crippen LogP) is 3.39. The van der Waals surface area contributed by atoms with Crippen LogP contribution in [0.25, 0.3) is 10.2 Å². The molecule has 18 heavy (non-hydrogen) atoms. The summed E-state index contributed by atoms with van der Waals surface area (Å²) < 4.78 is 0. The van der Waals surface area contributed by atoms with Crippen molar-refractivity contribution in [1.82, 2.24) is 15.0 Å². The van der Waals surface area contributed by atoms with Crippen LogP contribution < -0.4 is 5.32 Å². The van der Waals surface area contributed by atoms with E-state index in [4.69, 9.17) is 0 Å². The Kier molecular flexibility index (Phi) is 2.90. The van der Waals surface area contributed by atoms with Crippen LogP contribution in [-0.2, 0) is 6.42 Å². The molecule has 90 valence electrons. The molecule has 3 rings (SSSR count). The molecule has 5 heteroatoms. The molecule has 0 saturated heterocycles. The monoisotopic (exact) mass is 256 g/mol. The average molecular weight is 256 g/mol. The number of pyridine rings is 1. The molecule has 0 radical (unpaired) electrons. The first-order valence-corrected chi connectivity index (χ1v) is 6.59. The Hall–Kier alpha value is -2.01. The maximum atomic E-state index is 4.31. The summed E-state index contributed by atoms with van der Waals surface area (Å²) in [7, 11) is 0. The molecule has 0 unspecified atom stereocenters. The summed E-state index contributed by atoms with van der Waals surface area (Å²) in [4.78, 5) is 15.0. The molecule has 0 aliphatic carbocycles. The van der Waals surface area contributed by atoms with Gasteiger partial charge in [0.1, 0.15) is 17.0 Å². The standard InChI is InChI=1S/C13H12N4S/c1-2-10-7-11-12(15-8-16-13(11)18-10)17-9-3-5-14-6-4-9/h3-8H,2H2,1H3,(H,14,15,16,17). The Labute approximate surface area is 109 Å². The molecule has 1 N–H and O–H groups in total. The normalized spacial score (nSPS) is 10.7. The Morgan fingerprint density at radius 3 is 2.83 bits per heavy atom. The van der Waals surface area contributed by atoms with Crippen LogP contribution in [0.3, 0.4) is 0 Å². The minimum absolute atomic E-state index is 0.849. The highest BCUT2D eigenvalue weighted by molar-refractivity contribution is 7.18. The van der Waals surface area contributed by atoms with Gasteiger partial charge < -0.3 is 5.32 Å². The lowest BCUT2D eigenvalue weighted by atomic mass is 10.3. The van der Waals surface area contributed by atoms with Gasteiger partial charge in [0.05, 0.1) is 5.39 Å².